The second-order valence-electron chi connectivity index (χ2n) is 8.39. The fourth-order valence-electron chi connectivity index (χ4n) is 3.60. The molecule has 1 aliphatic rings. The molecule has 10 heteroatoms. The summed E-state index contributed by atoms with van der Waals surface area (Å²) in [5, 5.41) is 4.90. The van der Waals surface area contributed by atoms with Gasteiger partial charge >= 0.3 is 6.18 Å². The highest BCUT2D eigenvalue weighted by Crippen LogP contribution is 2.29. The normalized spacial score (nSPS) is 15.0. The average molecular weight is 483 g/mol. The van der Waals surface area contributed by atoms with Crippen molar-refractivity contribution in [3.05, 3.63) is 57.9 Å². The predicted molar refractivity (Wildman–Crippen MR) is 120 cm³/mol. The monoisotopic (exact) mass is 482 g/mol. The molecule has 2 heterocycles. The Kier molecular flexibility index (Phi) is 7.51. The van der Waals surface area contributed by atoms with E-state index in [-0.39, 0.29) is 17.4 Å². The second-order valence-corrected chi connectivity index (χ2v) is 8.75. The van der Waals surface area contributed by atoms with Gasteiger partial charge in [-0.05, 0) is 43.2 Å². The summed E-state index contributed by atoms with van der Waals surface area (Å²) in [7, 11) is 0. The lowest BCUT2D eigenvalue weighted by atomic mass is 10.1. The summed E-state index contributed by atoms with van der Waals surface area (Å²) in [6, 6.07) is 4.15. The number of piperazine rings is 1. The van der Waals surface area contributed by atoms with Crippen LogP contribution >= 0.6 is 11.6 Å². The Labute approximate surface area is 195 Å². The maximum Gasteiger partial charge on any atom is 0.416 e. The minimum atomic E-state index is -4.45. The first-order valence-corrected chi connectivity index (χ1v) is 11.0. The third kappa shape index (κ3) is 5.96. The number of carbonyl (C=O) groups excluding carboxylic acids is 2. The van der Waals surface area contributed by atoms with E-state index in [0.29, 0.717) is 49.4 Å². The standard InChI is InChI=1S/C23H26ClF3N4O2/c1-15(2)14-31-21(24)19(16(3)28-31)8-9-20(32)29-10-12-30(13-11-29)22(33)17-4-6-18(7-5-17)23(25,26)27/h4-9,15H,10-14H2,1-3H3/b9-8+. The van der Waals surface area contributed by atoms with E-state index in [9.17, 15) is 22.8 Å². The van der Waals surface area contributed by atoms with Crippen molar-refractivity contribution in [3.8, 4) is 0 Å². The lowest BCUT2D eigenvalue weighted by molar-refractivity contribution is -0.137. The zero-order chi connectivity index (χ0) is 24.3. The van der Waals surface area contributed by atoms with Crippen molar-refractivity contribution >= 4 is 29.5 Å². The van der Waals surface area contributed by atoms with E-state index in [1.54, 1.807) is 15.7 Å². The lowest BCUT2D eigenvalue weighted by Crippen LogP contribution is -2.50. The number of carbonyl (C=O) groups is 2. The van der Waals surface area contributed by atoms with Crippen LogP contribution in [0.2, 0.25) is 5.15 Å². The van der Waals surface area contributed by atoms with E-state index in [1.807, 2.05) is 6.92 Å². The fourth-order valence-corrected chi connectivity index (χ4v) is 3.90. The van der Waals surface area contributed by atoms with E-state index in [4.69, 9.17) is 11.6 Å². The molecule has 0 bridgehead atoms. The number of benzene rings is 1. The molecule has 1 saturated heterocycles. The zero-order valence-corrected chi connectivity index (χ0v) is 19.5. The van der Waals surface area contributed by atoms with Crippen LogP contribution in [0.15, 0.2) is 30.3 Å². The Morgan fingerprint density at radius 3 is 2.21 bits per heavy atom. The van der Waals surface area contributed by atoms with Crippen LogP contribution in [0.25, 0.3) is 6.08 Å². The van der Waals surface area contributed by atoms with E-state index < -0.39 is 11.7 Å². The highest BCUT2D eigenvalue weighted by atomic mass is 35.5. The molecular formula is C23H26ClF3N4O2. The predicted octanol–water partition coefficient (Wildman–Crippen LogP) is 4.52. The van der Waals surface area contributed by atoms with Crippen LogP contribution in [0, 0.1) is 12.8 Å². The van der Waals surface area contributed by atoms with Crippen LogP contribution in [0.1, 0.15) is 41.0 Å². The Balaban J connectivity index is 1.58. The number of halogens is 4. The SMILES string of the molecule is Cc1nn(CC(C)C)c(Cl)c1/C=C/C(=O)N1CCN(C(=O)c2ccc(C(F)(F)F)cc2)CC1. The van der Waals surface area contributed by atoms with Gasteiger partial charge in [-0.2, -0.15) is 18.3 Å². The van der Waals surface area contributed by atoms with Crippen molar-refractivity contribution in [1.82, 2.24) is 19.6 Å². The zero-order valence-electron chi connectivity index (χ0n) is 18.7. The van der Waals surface area contributed by atoms with E-state index >= 15 is 0 Å². The van der Waals surface area contributed by atoms with Gasteiger partial charge in [-0.25, -0.2) is 0 Å². The molecule has 0 spiro atoms. The van der Waals surface area contributed by atoms with Crippen molar-refractivity contribution in [1.29, 1.82) is 0 Å². The van der Waals surface area contributed by atoms with Crippen LogP contribution < -0.4 is 0 Å². The van der Waals surface area contributed by atoms with Gasteiger partial charge in [-0.15, -0.1) is 0 Å². The number of aryl methyl sites for hydroxylation is 1. The molecule has 2 aromatic rings. The topological polar surface area (TPSA) is 58.4 Å². The molecule has 2 amide bonds. The van der Waals surface area contributed by atoms with Crippen molar-refractivity contribution in [2.45, 2.75) is 33.5 Å². The molecule has 178 valence electrons. The molecule has 0 unspecified atom stereocenters. The molecule has 6 nitrogen and oxygen atoms in total. The van der Waals surface area contributed by atoms with Crippen molar-refractivity contribution in [3.63, 3.8) is 0 Å². The molecule has 3 rings (SSSR count). The van der Waals surface area contributed by atoms with Gasteiger partial charge in [0.15, 0.2) is 0 Å². The maximum absolute atomic E-state index is 12.7. The van der Waals surface area contributed by atoms with Crippen LogP contribution in [0.5, 0.6) is 0 Å². The molecule has 1 aromatic heterocycles. The Hall–Kier alpha value is -2.81. The van der Waals surface area contributed by atoms with Crippen molar-refractivity contribution in [2.24, 2.45) is 5.92 Å². The smallest absolute Gasteiger partial charge is 0.336 e. The first-order valence-electron chi connectivity index (χ1n) is 10.6. The lowest BCUT2D eigenvalue weighted by Gasteiger charge is -2.34. The Bertz CT molecular complexity index is 1040. The maximum atomic E-state index is 12.7. The molecule has 1 aliphatic heterocycles. The number of aromatic nitrogens is 2. The van der Waals surface area contributed by atoms with E-state index in [1.165, 1.54) is 23.1 Å². The Morgan fingerprint density at radius 2 is 1.67 bits per heavy atom. The third-order valence-electron chi connectivity index (χ3n) is 5.38. The van der Waals surface area contributed by atoms with Crippen LogP contribution in [-0.2, 0) is 17.5 Å². The second kappa shape index (κ2) is 9.99. The van der Waals surface area contributed by atoms with Crippen molar-refractivity contribution < 1.29 is 22.8 Å². The molecule has 0 radical (unpaired) electrons. The van der Waals surface area contributed by atoms with Crippen LogP contribution in [0.4, 0.5) is 13.2 Å². The van der Waals surface area contributed by atoms with Gasteiger partial charge in [-0.3, -0.25) is 14.3 Å². The molecule has 1 aromatic carbocycles. The van der Waals surface area contributed by atoms with Gasteiger partial charge in [-0.1, -0.05) is 25.4 Å². The van der Waals surface area contributed by atoms with Crippen LogP contribution in [-0.4, -0.2) is 57.6 Å². The molecule has 33 heavy (non-hydrogen) atoms. The van der Waals surface area contributed by atoms with Gasteiger partial charge in [0.2, 0.25) is 5.91 Å². The third-order valence-corrected chi connectivity index (χ3v) is 5.78. The summed E-state index contributed by atoms with van der Waals surface area (Å²) in [6.07, 6.45) is -1.34. The van der Waals surface area contributed by atoms with Gasteiger partial charge in [0.1, 0.15) is 5.15 Å². The molecule has 0 aliphatic carbocycles. The first kappa shape index (κ1) is 24.8. The summed E-state index contributed by atoms with van der Waals surface area (Å²) in [6.45, 7) is 7.89. The average Bonchev–Trinajstić information content (AvgIpc) is 3.03. The first-order chi connectivity index (χ1) is 15.5. The number of hydrogen-bond donors (Lipinski definition) is 0. The fraction of sp³-hybridized carbons (Fsp3) is 0.435. The summed E-state index contributed by atoms with van der Waals surface area (Å²) in [5.41, 5.74) is 0.816. The van der Waals surface area contributed by atoms with Gasteiger partial charge in [0.05, 0.1) is 11.3 Å². The molecular weight excluding hydrogens is 457 g/mol. The summed E-state index contributed by atoms with van der Waals surface area (Å²) in [4.78, 5) is 28.4. The van der Waals surface area contributed by atoms with Gasteiger partial charge in [0.25, 0.3) is 5.91 Å². The highest BCUT2D eigenvalue weighted by Gasteiger charge is 2.31. The molecule has 0 N–H and O–H groups in total. The van der Waals surface area contributed by atoms with Gasteiger partial charge < -0.3 is 9.80 Å². The molecule has 1 fully saturated rings. The summed E-state index contributed by atoms with van der Waals surface area (Å²) >= 11 is 6.41. The van der Waals surface area contributed by atoms with E-state index in [0.717, 1.165) is 17.8 Å². The summed E-state index contributed by atoms with van der Waals surface area (Å²) < 4.78 is 39.9. The number of nitrogens with zero attached hydrogens (tertiary/aromatic N) is 4. The van der Waals surface area contributed by atoms with Gasteiger partial charge in [0, 0.05) is 49.9 Å². The minimum Gasteiger partial charge on any atom is -0.336 e. The Morgan fingerprint density at radius 1 is 1.09 bits per heavy atom. The largest absolute Gasteiger partial charge is 0.416 e. The minimum absolute atomic E-state index is 0.186. The quantitative estimate of drug-likeness (QED) is 0.589. The number of rotatable bonds is 5. The number of amides is 2. The van der Waals surface area contributed by atoms with Crippen molar-refractivity contribution in [2.75, 3.05) is 26.2 Å². The highest BCUT2D eigenvalue weighted by molar-refractivity contribution is 6.31. The van der Waals surface area contributed by atoms with E-state index in [2.05, 4.69) is 18.9 Å². The number of alkyl halides is 3. The van der Waals surface area contributed by atoms with Crippen LogP contribution in [0.3, 0.4) is 0 Å². The molecule has 0 atom stereocenters. The molecule has 0 saturated carbocycles. The number of hydrogen-bond acceptors (Lipinski definition) is 3. The summed E-state index contributed by atoms with van der Waals surface area (Å²) in [5.74, 6) is -0.183.